The molecule has 5 rings (SSSR count). The molecule has 0 saturated heterocycles. The lowest BCUT2D eigenvalue weighted by molar-refractivity contribution is 0.721. The Kier molecular flexibility index (Phi) is 5.32. The van der Waals surface area contributed by atoms with Gasteiger partial charge in [0.05, 0.1) is 21.8 Å². The maximum atomic E-state index is 13.6. The van der Waals surface area contributed by atoms with Crippen LogP contribution in [-0.2, 0) is 19.3 Å². The van der Waals surface area contributed by atoms with Gasteiger partial charge in [0, 0.05) is 11.4 Å². The van der Waals surface area contributed by atoms with E-state index in [-0.39, 0.29) is 11.6 Å². The van der Waals surface area contributed by atoms with Crippen LogP contribution >= 0.6 is 11.3 Å². The van der Waals surface area contributed by atoms with Crippen molar-refractivity contribution in [2.45, 2.75) is 52.0 Å². The zero-order valence-corrected chi connectivity index (χ0v) is 18.7. The molecule has 5 nitrogen and oxygen atoms in total. The summed E-state index contributed by atoms with van der Waals surface area (Å²) in [4.78, 5) is 23.3. The quantitative estimate of drug-likeness (QED) is 0.433. The first-order valence-electron chi connectivity index (χ1n) is 11.0. The van der Waals surface area contributed by atoms with Crippen molar-refractivity contribution in [1.29, 1.82) is 0 Å². The van der Waals surface area contributed by atoms with Crippen LogP contribution in [0.3, 0.4) is 0 Å². The first-order valence-corrected chi connectivity index (χ1v) is 11.8. The topological polar surface area (TPSA) is 63.0 Å². The molecule has 1 aliphatic rings. The third-order valence-corrected chi connectivity index (χ3v) is 6.95. The Morgan fingerprint density at radius 1 is 1.13 bits per heavy atom. The molecule has 31 heavy (non-hydrogen) atoms. The Morgan fingerprint density at radius 3 is 2.52 bits per heavy atom. The van der Waals surface area contributed by atoms with E-state index in [0.717, 1.165) is 59.3 Å². The van der Waals surface area contributed by atoms with Gasteiger partial charge in [-0.2, -0.15) is 4.68 Å². The molecule has 158 valence electrons. The van der Waals surface area contributed by atoms with E-state index in [2.05, 4.69) is 48.2 Å². The lowest BCUT2D eigenvalue weighted by Gasteiger charge is -2.08. The number of aryl methyl sites for hydroxylation is 1. The van der Waals surface area contributed by atoms with Gasteiger partial charge in [-0.25, -0.2) is 4.98 Å². The van der Waals surface area contributed by atoms with Crippen molar-refractivity contribution in [1.82, 2.24) is 14.8 Å². The van der Waals surface area contributed by atoms with Crippen LogP contribution < -0.4 is 5.56 Å². The van der Waals surface area contributed by atoms with Crippen molar-refractivity contribution in [2.24, 2.45) is 4.99 Å². The Bertz CT molecular complexity index is 1270. The zero-order valence-electron chi connectivity index (χ0n) is 17.9. The highest BCUT2D eigenvalue weighted by atomic mass is 32.1. The second-order valence-electron chi connectivity index (χ2n) is 8.08. The molecule has 2 aromatic carbocycles. The molecule has 1 N–H and O–H groups in total. The summed E-state index contributed by atoms with van der Waals surface area (Å²) in [6.45, 7) is 4.22. The average Bonchev–Trinajstić information content (AvgIpc) is 3.47. The summed E-state index contributed by atoms with van der Waals surface area (Å²) in [5, 5.41) is 4.04. The molecule has 2 heterocycles. The van der Waals surface area contributed by atoms with E-state index >= 15 is 0 Å². The molecule has 0 bridgehead atoms. The van der Waals surface area contributed by atoms with Crippen LogP contribution in [0.4, 0.5) is 0 Å². The minimum Gasteiger partial charge on any atom is -0.292 e. The molecule has 0 spiro atoms. The van der Waals surface area contributed by atoms with Crippen molar-refractivity contribution in [3.8, 4) is 5.13 Å². The lowest BCUT2D eigenvalue weighted by Crippen LogP contribution is -2.22. The molecule has 2 aromatic heterocycles. The maximum absolute atomic E-state index is 13.6. The molecular formula is C25H26N4OS. The van der Waals surface area contributed by atoms with Gasteiger partial charge in [-0.3, -0.25) is 14.9 Å². The van der Waals surface area contributed by atoms with Gasteiger partial charge in [0.15, 0.2) is 0 Å². The highest BCUT2D eigenvalue weighted by Gasteiger charge is 2.24. The number of nitrogens with one attached hydrogen (secondary N) is 1. The van der Waals surface area contributed by atoms with Gasteiger partial charge in [0.25, 0.3) is 5.56 Å². The summed E-state index contributed by atoms with van der Waals surface area (Å²) in [6, 6.07) is 16.7. The normalized spacial score (nSPS) is 14.5. The van der Waals surface area contributed by atoms with Gasteiger partial charge < -0.3 is 0 Å². The van der Waals surface area contributed by atoms with Gasteiger partial charge >= 0.3 is 0 Å². The molecular weight excluding hydrogens is 404 g/mol. The molecule has 1 aliphatic carbocycles. The predicted octanol–water partition coefficient (Wildman–Crippen LogP) is 5.09. The summed E-state index contributed by atoms with van der Waals surface area (Å²) in [6.07, 6.45) is 4.39. The summed E-state index contributed by atoms with van der Waals surface area (Å²) in [5.41, 5.74) is 6.22. The SMILES string of the molecule is CCCc1[nH]n(-c2nc3ccccc3s2)c(=O)c1C(CC)=NC1Cc2ccccc2C1. The highest BCUT2D eigenvalue weighted by molar-refractivity contribution is 7.20. The maximum Gasteiger partial charge on any atom is 0.282 e. The summed E-state index contributed by atoms with van der Waals surface area (Å²) >= 11 is 1.53. The Morgan fingerprint density at radius 2 is 1.84 bits per heavy atom. The predicted molar refractivity (Wildman–Crippen MR) is 128 cm³/mol. The van der Waals surface area contributed by atoms with Crippen molar-refractivity contribution >= 4 is 27.3 Å². The average molecular weight is 431 g/mol. The fraction of sp³-hybridized carbons (Fsp3) is 0.320. The fourth-order valence-corrected chi connectivity index (χ4v) is 5.41. The van der Waals surface area contributed by atoms with E-state index in [0.29, 0.717) is 5.13 Å². The number of thiazole rings is 1. The van der Waals surface area contributed by atoms with Crippen molar-refractivity contribution in [3.05, 3.63) is 81.3 Å². The number of rotatable bonds is 6. The number of aliphatic imine (C=N–C) groups is 1. The summed E-state index contributed by atoms with van der Waals surface area (Å²) in [5.74, 6) is 0. The first kappa shape index (κ1) is 19.9. The van der Waals surface area contributed by atoms with E-state index in [9.17, 15) is 4.79 Å². The third-order valence-electron chi connectivity index (χ3n) is 5.93. The molecule has 0 unspecified atom stereocenters. The largest absolute Gasteiger partial charge is 0.292 e. The van der Waals surface area contributed by atoms with Gasteiger partial charge in [-0.1, -0.05) is 68.0 Å². The van der Waals surface area contributed by atoms with Crippen molar-refractivity contribution in [2.75, 3.05) is 0 Å². The molecule has 6 heteroatoms. The van der Waals surface area contributed by atoms with E-state index in [1.807, 2.05) is 24.3 Å². The minimum atomic E-state index is -0.0429. The van der Waals surface area contributed by atoms with Gasteiger partial charge in [-0.15, -0.1) is 0 Å². The van der Waals surface area contributed by atoms with E-state index in [4.69, 9.17) is 4.99 Å². The second kappa shape index (κ2) is 8.27. The molecule has 0 atom stereocenters. The second-order valence-corrected chi connectivity index (χ2v) is 9.09. The molecule has 4 aromatic rings. The number of fused-ring (bicyclic) bond motifs is 2. The third kappa shape index (κ3) is 3.65. The molecule has 0 radical (unpaired) electrons. The van der Waals surface area contributed by atoms with Crippen LogP contribution in [0.5, 0.6) is 0 Å². The number of aromatic nitrogens is 3. The van der Waals surface area contributed by atoms with Crippen molar-refractivity contribution in [3.63, 3.8) is 0 Å². The standard InChI is InChI=1S/C25H26N4OS/c1-3-9-21-23(19(4-2)26-18-14-16-10-5-6-11-17(16)15-18)24(30)29(28-21)25-27-20-12-7-8-13-22(20)31-25/h5-8,10-13,18,28H,3-4,9,14-15H2,1-2H3. The number of aromatic amines is 1. The zero-order chi connectivity index (χ0) is 21.4. The summed E-state index contributed by atoms with van der Waals surface area (Å²) < 4.78 is 2.69. The lowest BCUT2D eigenvalue weighted by atomic mass is 10.0. The Labute approximate surface area is 185 Å². The highest BCUT2D eigenvalue weighted by Crippen LogP contribution is 2.26. The smallest absolute Gasteiger partial charge is 0.282 e. The number of hydrogen-bond acceptors (Lipinski definition) is 4. The monoisotopic (exact) mass is 430 g/mol. The fourth-order valence-electron chi connectivity index (χ4n) is 4.48. The molecule has 0 saturated carbocycles. The Balaban J connectivity index is 1.56. The van der Waals surface area contributed by atoms with E-state index < -0.39 is 0 Å². The van der Waals surface area contributed by atoms with Gasteiger partial charge in [0.1, 0.15) is 0 Å². The van der Waals surface area contributed by atoms with Gasteiger partial charge in [0.2, 0.25) is 5.13 Å². The molecule has 0 fully saturated rings. The summed E-state index contributed by atoms with van der Waals surface area (Å²) in [7, 11) is 0. The number of H-pyrrole nitrogens is 1. The number of para-hydroxylation sites is 1. The van der Waals surface area contributed by atoms with E-state index in [1.165, 1.54) is 22.5 Å². The minimum absolute atomic E-state index is 0.0429. The van der Waals surface area contributed by atoms with Crippen LogP contribution in [0.1, 0.15) is 49.1 Å². The van der Waals surface area contributed by atoms with Gasteiger partial charge in [-0.05, 0) is 48.9 Å². The molecule has 0 amide bonds. The number of nitrogens with zero attached hydrogens (tertiary/aromatic N) is 3. The van der Waals surface area contributed by atoms with Crippen LogP contribution in [0.25, 0.3) is 15.3 Å². The van der Waals surface area contributed by atoms with Crippen LogP contribution in [-0.4, -0.2) is 26.5 Å². The van der Waals surface area contributed by atoms with Crippen LogP contribution in [0.15, 0.2) is 58.3 Å². The molecule has 0 aliphatic heterocycles. The first-order chi connectivity index (χ1) is 15.2. The number of hydrogen-bond donors (Lipinski definition) is 1. The number of benzene rings is 2. The van der Waals surface area contributed by atoms with Crippen molar-refractivity contribution < 1.29 is 0 Å². The Hall–Kier alpha value is -2.99. The van der Waals surface area contributed by atoms with Crippen LogP contribution in [0, 0.1) is 0 Å². The van der Waals surface area contributed by atoms with Crippen LogP contribution in [0.2, 0.25) is 0 Å². The van der Waals surface area contributed by atoms with E-state index in [1.54, 1.807) is 4.68 Å².